The van der Waals surface area contributed by atoms with Crippen LogP contribution >= 0.6 is 11.3 Å². The van der Waals surface area contributed by atoms with Crippen molar-refractivity contribution < 1.29 is 14.3 Å². The van der Waals surface area contributed by atoms with E-state index in [0.29, 0.717) is 18.7 Å². The highest BCUT2D eigenvalue weighted by molar-refractivity contribution is 7.16. The lowest BCUT2D eigenvalue weighted by Crippen LogP contribution is -2.52. The third-order valence-corrected chi connectivity index (χ3v) is 4.41. The number of β-amino-alcohol motifs (C(OH)–C–C–N with tert-alkyl or cyclic N) is 1. The van der Waals surface area contributed by atoms with Gasteiger partial charge in [0.2, 0.25) is 5.91 Å². The molecule has 3 rings (SSSR count). The van der Waals surface area contributed by atoms with E-state index in [0.717, 1.165) is 9.75 Å². The zero-order chi connectivity index (χ0) is 14.8. The quantitative estimate of drug-likeness (QED) is 0.886. The van der Waals surface area contributed by atoms with Crippen molar-refractivity contribution in [2.45, 2.75) is 6.10 Å². The Hall–Kier alpha value is -1.98. The predicted octanol–water partition coefficient (Wildman–Crippen LogP) is 2.77. The molecule has 1 aliphatic rings. The average molecular weight is 303 g/mol. The van der Waals surface area contributed by atoms with Crippen LogP contribution in [0.25, 0.3) is 16.5 Å². The van der Waals surface area contributed by atoms with Crippen molar-refractivity contribution in [3.63, 3.8) is 0 Å². The van der Waals surface area contributed by atoms with Gasteiger partial charge >= 0.3 is 0 Å². The molecule has 0 atom stereocenters. The topological polar surface area (TPSA) is 40.5 Å². The first-order valence-corrected chi connectivity index (χ1v) is 7.45. The van der Waals surface area contributed by atoms with E-state index in [1.165, 1.54) is 23.5 Å². The Labute approximate surface area is 126 Å². The molecule has 3 nitrogen and oxygen atoms in total. The number of aliphatic hydroxyl groups is 1. The summed E-state index contributed by atoms with van der Waals surface area (Å²) >= 11 is 1.43. The Morgan fingerprint density at radius 2 is 2.05 bits per heavy atom. The van der Waals surface area contributed by atoms with Crippen LogP contribution in [0.3, 0.4) is 0 Å². The van der Waals surface area contributed by atoms with Gasteiger partial charge in [0.25, 0.3) is 0 Å². The van der Waals surface area contributed by atoms with Gasteiger partial charge in [-0.25, -0.2) is 4.39 Å². The van der Waals surface area contributed by atoms with Gasteiger partial charge < -0.3 is 10.0 Å². The van der Waals surface area contributed by atoms with Crippen molar-refractivity contribution in [3.8, 4) is 10.4 Å². The van der Waals surface area contributed by atoms with Crippen LogP contribution in [0.2, 0.25) is 0 Å². The predicted molar refractivity (Wildman–Crippen MR) is 81.3 cm³/mol. The third-order valence-electron chi connectivity index (χ3n) is 3.33. The molecule has 1 aromatic carbocycles. The maximum Gasteiger partial charge on any atom is 0.246 e. The highest BCUT2D eigenvalue weighted by atomic mass is 32.1. The van der Waals surface area contributed by atoms with Crippen LogP contribution < -0.4 is 0 Å². The molecule has 1 aliphatic heterocycles. The lowest BCUT2D eigenvalue weighted by Gasteiger charge is -2.34. The number of halogens is 1. The van der Waals surface area contributed by atoms with Gasteiger partial charge in [0, 0.05) is 34.5 Å². The van der Waals surface area contributed by atoms with Gasteiger partial charge in [0.15, 0.2) is 0 Å². The third kappa shape index (κ3) is 3.04. The monoisotopic (exact) mass is 303 g/mol. The molecular weight excluding hydrogens is 289 g/mol. The Morgan fingerprint density at radius 3 is 2.76 bits per heavy atom. The smallest absolute Gasteiger partial charge is 0.246 e. The van der Waals surface area contributed by atoms with Gasteiger partial charge in [-0.05, 0) is 24.3 Å². The number of thiophene rings is 1. The molecule has 21 heavy (non-hydrogen) atoms. The van der Waals surface area contributed by atoms with E-state index in [-0.39, 0.29) is 11.7 Å². The minimum absolute atomic E-state index is 0.110. The zero-order valence-electron chi connectivity index (χ0n) is 11.2. The Balaban J connectivity index is 1.71. The average Bonchev–Trinajstić information content (AvgIpc) is 2.90. The van der Waals surface area contributed by atoms with Crippen LogP contribution in [0.4, 0.5) is 4.39 Å². The molecule has 0 radical (unpaired) electrons. The van der Waals surface area contributed by atoms with Crippen molar-refractivity contribution >= 4 is 23.3 Å². The number of hydrogen-bond donors (Lipinski definition) is 1. The molecule has 0 unspecified atom stereocenters. The van der Waals surface area contributed by atoms with Gasteiger partial charge in [-0.15, -0.1) is 11.3 Å². The second-order valence-corrected chi connectivity index (χ2v) is 6.03. The van der Waals surface area contributed by atoms with Gasteiger partial charge in [0.05, 0.1) is 6.10 Å². The number of carbonyl (C=O) groups is 1. The summed E-state index contributed by atoms with van der Waals surface area (Å²) in [6.45, 7) is 0.794. The summed E-state index contributed by atoms with van der Waals surface area (Å²) in [5.41, 5.74) is 0.569. The van der Waals surface area contributed by atoms with E-state index in [2.05, 4.69) is 0 Å². The first kappa shape index (κ1) is 14.0. The van der Waals surface area contributed by atoms with Crippen LogP contribution in [0, 0.1) is 5.82 Å². The number of hydrogen-bond acceptors (Lipinski definition) is 3. The lowest BCUT2D eigenvalue weighted by molar-refractivity contribution is -0.135. The maximum absolute atomic E-state index is 13.7. The Bertz CT molecular complexity index is 689. The van der Waals surface area contributed by atoms with Crippen molar-refractivity contribution in [1.29, 1.82) is 0 Å². The van der Waals surface area contributed by atoms with E-state index in [1.54, 1.807) is 29.2 Å². The maximum atomic E-state index is 13.7. The van der Waals surface area contributed by atoms with E-state index in [1.807, 2.05) is 12.1 Å². The molecule has 1 saturated heterocycles. The number of likely N-dealkylation sites (tertiary alicyclic amines) is 1. The molecule has 2 heterocycles. The minimum atomic E-state index is -0.392. The number of carbonyl (C=O) groups excluding carboxylic acids is 1. The molecule has 108 valence electrons. The number of aliphatic hydroxyl groups excluding tert-OH is 1. The lowest BCUT2D eigenvalue weighted by atomic mass is 10.1. The van der Waals surface area contributed by atoms with E-state index in [9.17, 15) is 9.18 Å². The van der Waals surface area contributed by atoms with Crippen LogP contribution in [-0.2, 0) is 4.79 Å². The van der Waals surface area contributed by atoms with Crippen LogP contribution in [0.1, 0.15) is 4.88 Å². The Kier molecular flexibility index (Phi) is 3.86. The number of amides is 1. The Morgan fingerprint density at radius 1 is 1.29 bits per heavy atom. The van der Waals surface area contributed by atoms with E-state index in [4.69, 9.17) is 5.11 Å². The molecule has 1 aromatic heterocycles. The SMILES string of the molecule is O=C(/C=C/c1ccc(-c2ccccc2F)s1)N1CC(O)C1. The summed E-state index contributed by atoms with van der Waals surface area (Å²) in [5.74, 6) is -0.360. The molecule has 0 saturated carbocycles. The van der Waals surface area contributed by atoms with Crippen LogP contribution in [0.15, 0.2) is 42.5 Å². The molecule has 2 aromatic rings. The van der Waals surface area contributed by atoms with Gasteiger partial charge in [-0.2, -0.15) is 0 Å². The fourth-order valence-corrected chi connectivity index (χ4v) is 3.08. The second kappa shape index (κ2) is 5.79. The van der Waals surface area contributed by atoms with Crippen molar-refractivity contribution in [1.82, 2.24) is 4.90 Å². The fraction of sp³-hybridized carbons (Fsp3) is 0.188. The summed E-state index contributed by atoms with van der Waals surface area (Å²) in [6, 6.07) is 10.3. The molecule has 1 fully saturated rings. The molecule has 1 amide bonds. The molecule has 1 N–H and O–H groups in total. The summed E-state index contributed by atoms with van der Waals surface area (Å²) < 4.78 is 13.7. The van der Waals surface area contributed by atoms with Gasteiger partial charge in [-0.3, -0.25) is 4.79 Å². The molecule has 0 spiro atoms. The zero-order valence-corrected chi connectivity index (χ0v) is 12.0. The highest BCUT2D eigenvalue weighted by Crippen LogP contribution is 2.30. The van der Waals surface area contributed by atoms with E-state index >= 15 is 0 Å². The number of rotatable bonds is 3. The molecule has 0 aliphatic carbocycles. The van der Waals surface area contributed by atoms with Crippen LogP contribution in [0.5, 0.6) is 0 Å². The fourth-order valence-electron chi connectivity index (χ4n) is 2.14. The largest absolute Gasteiger partial charge is 0.389 e. The molecular formula is C16H14FNO2S. The van der Waals surface area contributed by atoms with Crippen molar-refractivity contribution in [2.75, 3.05) is 13.1 Å². The van der Waals surface area contributed by atoms with Crippen molar-refractivity contribution in [2.24, 2.45) is 0 Å². The molecule has 5 heteroatoms. The van der Waals surface area contributed by atoms with Gasteiger partial charge in [-0.1, -0.05) is 18.2 Å². The molecule has 0 bridgehead atoms. The summed E-state index contributed by atoms with van der Waals surface area (Å²) in [7, 11) is 0. The van der Waals surface area contributed by atoms with Crippen molar-refractivity contribution in [3.05, 3.63) is 53.2 Å². The number of benzene rings is 1. The van der Waals surface area contributed by atoms with Gasteiger partial charge in [0.1, 0.15) is 5.82 Å². The normalized spacial score (nSPS) is 15.4. The minimum Gasteiger partial charge on any atom is -0.389 e. The first-order valence-electron chi connectivity index (χ1n) is 6.63. The summed E-state index contributed by atoms with van der Waals surface area (Å²) in [6.07, 6.45) is 2.82. The van der Waals surface area contributed by atoms with E-state index < -0.39 is 6.10 Å². The second-order valence-electron chi connectivity index (χ2n) is 4.91. The highest BCUT2D eigenvalue weighted by Gasteiger charge is 2.27. The summed E-state index contributed by atoms with van der Waals surface area (Å²) in [4.78, 5) is 15.0. The summed E-state index contributed by atoms with van der Waals surface area (Å²) in [5, 5.41) is 9.16. The standard InChI is InChI=1S/C16H14FNO2S/c17-14-4-2-1-3-13(14)15-7-5-12(21-15)6-8-16(20)18-9-11(19)10-18/h1-8,11,19H,9-10H2/b8-6+. The first-order chi connectivity index (χ1) is 10.1. The number of nitrogens with zero attached hydrogens (tertiary/aromatic N) is 1. The van der Waals surface area contributed by atoms with Crippen LogP contribution in [-0.4, -0.2) is 35.1 Å².